The number of carbonyl (C=O) groups is 2. The Morgan fingerprint density at radius 3 is 2.29 bits per heavy atom. The average molecular weight is 436 g/mol. The molecule has 0 aliphatic carbocycles. The zero-order valence-corrected chi connectivity index (χ0v) is 18.9. The van der Waals surface area contributed by atoms with Crippen LogP contribution in [-0.2, 0) is 10.2 Å². The van der Waals surface area contributed by atoms with Crippen molar-refractivity contribution in [3.63, 3.8) is 0 Å². The number of hydrogen-bond donors (Lipinski definition) is 1. The van der Waals surface area contributed by atoms with Crippen LogP contribution in [0.4, 0.5) is 5.69 Å². The standard InChI is InChI=1S/C26H26ClNO3/c1-17-14-22(12-13-23(17)27)31-16-24(29)28-21-7-5-6-19(15-21)25(30)18-8-10-20(11-9-18)26(2,3)4/h5-15H,16H2,1-4H3,(H,28,29). The molecule has 0 unspecified atom stereocenters. The maximum absolute atomic E-state index is 12.9. The summed E-state index contributed by atoms with van der Waals surface area (Å²) in [7, 11) is 0. The Morgan fingerprint density at radius 1 is 0.935 bits per heavy atom. The third kappa shape index (κ3) is 5.96. The lowest BCUT2D eigenvalue weighted by Gasteiger charge is -2.19. The number of nitrogens with one attached hydrogen (secondary N) is 1. The summed E-state index contributed by atoms with van der Waals surface area (Å²) in [6.45, 7) is 8.12. The van der Waals surface area contributed by atoms with E-state index in [-0.39, 0.29) is 23.7 Å². The Kier molecular flexibility index (Phi) is 6.81. The number of amides is 1. The highest BCUT2D eigenvalue weighted by molar-refractivity contribution is 6.31. The molecule has 5 heteroatoms. The van der Waals surface area contributed by atoms with Gasteiger partial charge in [-0.1, -0.05) is 68.8 Å². The second-order valence-corrected chi connectivity index (χ2v) is 8.89. The molecule has 1 N–H and O–H groups in total. The zero-order chi connectivity index (χ0) is 22.6. The summed E-state index contributed by atoms with van der Waals surface area (Å²) in [6, 6.07) is 19.8. The van der Waals surface area contributed by atoms with Gasteiger partial charge in [0.1, 0.15) is 5.75 Å². The Hall–Kier alpha value is -3.11. The number of hydrogen-bond acceptors (Lipinski definition) is 3. The first-order valence-corrected chi connectivity index (χ1v) is 10.5. The average Bonchev–Trinajstić information content (AvgIpc) is 2.74. The van der Waals surface area contributed by atoms with Crippen molar-refractivity contribution in [3.8, 4) is 5.75 Å². The first-order chi connectivity index (χ1) is 14.6. The molecule has 0 fully saturated rings. The van der Waals surface area contributed by atoms with E-state index in [9.17, 15) is 9.59 Å². The summed E-state index contributed by atoms with van der Waals surface area (Å²) >= 11 is 6.00. The van der Waals surface area contributed by atoms with Crippen molar-refractivity contribution >= 4 is 29.0 Å². The number of carbonyl (C=O) groups excluding carboxylic acids is 2. The van der Waals surface area contributed by atoms with Crippen LogP contribution < -0.4 is 10.1 Å². The third-order valence-corrected chi connectivity index (χ3v) is 5.35. The van der Waals surface area contributed by atoms with Gasteiger partial charge in [-0.05, 0) is 53.8 Å². The van der Waals surface area contributed by atoms with Crippen LogP contribution in [0.1, 0.15) is 47.8 Å². The van der Waals surface area contributed by atoms with Crippen molar-refractivity contribution in [3.05, 3.63) is 94.0 Å². The fourth-order valence-corrected chi connectivity index (χ4v) is 3.20. The monoisotopic (exact) mass is 435 g/mol. The molecule has 0 aromatic heterocycles. The second-order valence-electron chi connectivity index (χ2n) is 8.49. The number of ketones is 1. The minimum atomic E-state index is -0.313. The normalized spacial score (nSPS) is 11.1. The number of halogens is 1. The molecule has 0 atom stereocenters. The zero-order valence-electron chi connectivity index (χ0n) is 18.2. The van der Waals surface area contributed by atoms with E-state index >= 15 is 0 Å². The molecule has 31 heavy (non-hydrogen) atoms. The largest absolute Gasteiger partial charge is 0.484 e. The van der Waals surface area contributed by atoms with Crippen LogP contribution in [0.5, 0.6) is 5.75 Å². The van der Waals surface area contributed by atoms with E-state index in [2.05, 4.69) is 26.1 Å². The number of rotatable bonds is 6. The maximum atomic E-state index is 12.9. The van der Waals surface area contributed by atoms with Gasteiger partial charge in [-0.2, -0.15) is 0 Å². The number of benzene rings is 3. The lowest BCUT2D eigenvalue weighted by atomic mass is 9.86. The van der Waals surface area contributed by atoms with Gasteiger partial charge in [0.05, 0.1) is 0 Å². The van der Waals surface area contributed by atoms with Crippen LogP contribution in [-0.4, -0.2) is 18.3 Å². The fraction of sp³-hybridized carbons (Fsp3) is 0.231. The Labute approximate surface area is 188 Å². The minimum Gasteiger partial charge on any atom is -0.484 e. The predicted octanol–water partition coefficient (Wildman–Crippen LogP) is 6.19. The summed E-state index contributed by atoms with van der Waals surface area (Å²) in [6.07, 6.45) is 0. The topological polar surface area (TPSA) is 55.4 Å². The van der Waals surface area contributed by atoms with Gasteiger partial charge < -0.3 is 10.1 Å². The summed E-state index contributed by atoms with van der Waals surface area (Å²) in [5, 5.41) is 3.42. The van der Waals surface area contributed by atoms with Crippen LogP contribution in [0, 0.1) is 6.92 Å². The van der Waals surface area contributed by atoms with E-state index in [0.717, 1.165) is 5.56 Å². The van der Waals surface area contributed by atoms with Crippen LogP contribution in [0.3, 0.4) is 0 Å². The van der Waals surface area contributed by atoms with E-state index in [0.29, 0.717) is 27.6 Å². The molecule has 0 aliphatic rings. The number of anilines is 1. The van der Waals surface area contributed by atoms with Gasteiger partial charge in [-0.15, -0.1) is 0 Å². The van der Waals surface area contributed by atoms with Crippen molar-refractivity contribution in [2.75, 3.05) is 11.9 Å². The molecule has 0 bridgehead atoms. The molecule has 0 radical (unpaired) electrons. The molecular weight excluding hydrogens is 410 g/mol. The van der Waals surface area contributed by atoms with Crippen LogP contribution in [0.2, 0.25) is 5.02 Å². The molecule has 1 amide bonds. The van der Waals surface area contributed by atoms with Gasteiger partial charge >= 0.3 is 0 Å². The molecule has 3 aromatic carbocycles. The minimum absolute atomic E-state index is 0.0263. The Morgan fingerprint density at radius 2 is 1.65 bits per heavy atom. The lowest BCUT2D eigenvalue weighted by molar-refractivity contribution is -0.118. The molecule has 0 saturated heterocycles. The highest BCUT2D eigenvalue weighted by Gasteiger charge is 2.15. The quantitative estimate of drug-likeness (QED) is 0.469. The van der Waals surface area contributed by atoms with E-state index in [1.807, 2.05) is 31.2 Å². The highest BCUT2D eigenvalue weighted by Crippen LogP contribution is 2.24. The third-order valence-electron chi connectivity index (χ3n) is 4.92. The Bertz CT molecular complexity index is 1100. The highest BCUT2D eigenvalue weighted by atomic mass is 35.5. The smallest absolute Gasteiger partial charge is 0.262 e. The van der Waals surface area contributed by atoms with E-state index in [1.54, 1.807) is 42.5 Å². The molecule has 0 heterocycles. The van der Waals surface area contributed by atoms with Crippen molar-refractivity contribution in [1.29, 1.82) is 0 Å². The van der Waals surface area contributed by atoms with Crippen molar-refractivity contribution in [2.24, 2.45) is 0 Å². The molecular formula is C26H26ClNO3. The molecule has 160 valence electrons. The van der Waals surface area contributed by atoms with E-state index < -0.39 is 0 Å². The van der Waals surface area contributed by atoms with Crippen molar-refractivity contribution in [1.82, 2.24) is 0 Å². The second kappa shape index (κ2) is 9.36. The lowest BCUT2D eigenvalue weighted by Crippen LogP contribution is -2.20. The van der Waals surface area contributed by atoms with Crippen LogP contribution in [0.15, 0.2) is 66.7 Å². The van der Waals surface area contributed by atoms with Crippen molar-refractivity contribution in [2.45, 2.75) is 33.1 Å². The van der Waals surface area contributed by atoms with Crippen LogP contribution in [0.25, 0.3) is 0 Å². The molecule has 3 rings (SSSR count). The summed E-state index contributed by atoms with van der Waals surface area (Å²) < 4.78 is 5.52. The molecule has 4 nitrogen and oxygen atoms in total. The molecule has 0 aliphatic heterocycles. The Balaban J connectivity index is 1.64. The first-order valence-electron chi connectivity index (χ1n) is 10.1. The van der Waals surface area contributed by atoms with Gasteiger partial charge in [0.2, 0.25) is 0 Å². The van der Waals surface area contributed by atoms with Crippen molar-refractivity contribution < 1.29 is 14.3 Å². The van der Waals surface area contributed by atoms with Gasteiger partial charge in [0.15, 0.2) is 12.4 Å². The SMILES string of the molecule is Cc1cc(OCC(=O)Nc2cccc(C(=O)c3ccc(C(C)(C)C)cc3)c2)ccc1Cl. The van der Waals surface area contributed by atoms with Gasteiger partial charge in [0, 0.05) is 21.8 Å². The summed E-state index contributed by atoms with van der Waals surface area (Å²) in [5.41, 5.74) is 3.73. The van der Waals surface area contributed by atoms with Gasteiger partial charge in [-0.3, -0.25) is 9.59 Å². The molecule has 3 aromatic rings. The van der Waals surface area contributed by atoms with Gasteiger partial charge in [0.25, 0.3) is 5.91 Å². The molecule has 0 spiro atoms. The number of ether oxygens (including phenoxy) is 1. The molecule has 0 saturated carbocycles. The summed E-state index contributed by atoms with van der Waals surface area (Å²) in [5.74, 6) is 0.163. The van der Waals surface area contributed by atoms with E-state index in [4.69, 9.17) is 16.3 Å². The summed E-state index contributed by atoms with van der Waals surface area (Å²) in [4.78, 5) is 25.1. The van der Waals surface area contributed by atoms with Crippen LogP contribution >= 0.6 is 11.6 Å². The fourth-order valence-electron chi connectivity index (χ4n) is 3.08. The van der Waals surface area contributed by atoms with E-state index in [1.165, 1.54) is 5.56 Å². The maximum Gasteiger partial charge on any atom is 0.262 e. The number of aryl methyl sites for hydroxylation is 1. The first kappa shape index (κ1) is 22.6. The van der Waals surface area contributed by atoms with Gasteiger partial charge in [-0.25, -0.2) is 0 Å². The predicted molar refractivity (Wildman–Crippen MR) is 125 cm³/mol.